The van der Waals surface area contributed by atoms with Crippen molar-refractivity contribution in [1.82, 2.24) is 15.2 Å². The average molecular weight is 588 g/mol. The standard InChI is InChI=1S/C31H46ClN3O4Si/c1-8-24-27(25(35-34-24)16-12-10-11-13-19-36)26-23(32)18-17-22-21(29(33-28(22)26)30(37)38-9-2)15-14-20-39-40(6,7)31(3,4)5/h12,16-18,33,36H,8-11,13-15,19-20H2,1-7H3,(H,34,35)/b16-12+. The number of esters is 1. The lowest BCUT2D eigenvalue weighted by Gasteiger charge is -2.36. The molecule has 40 heavy (non-hydrogen) atoms. The molecule has 0 amide bonds. The maximum absolute atomic E-state index is 13.1. The van der Waals surface area contributed by atoms with E-state index in [1.54, 1.807) is 0 Å². The van der Waals surface area contributed by atoms with Gasteiger partial charge in [0, 0.05) is 35.4 Å². The number of carbonyl (C=O) groups is 1. The number of rotatable bonds is 14. The molecule has 0 bridgehead atoms. The first kappa shape index (κ1) is 32.1. The van der Waals surface area contributed by atoms with E-state index < -0.39 is 8.32 Å². The molecule has 0 fully saturated rings. The van der Waals surface area contributed by atoms with Gasteiger partial charge in [0.1, 0.15) is 5.69 Å². The number of ether oxygens (including phenoxy) is 1. The SMILES string of the molecule is CCOC(=O)c1[nH]c2c(-c3c(/C=C/CCCCO)n[nH]c3CC)c(Cl)ccc2c1CCCO[Si](C)(C)C(C)(C)C. The number of aromatic nitrogens is 3. The molecule has 2 heterocycles. The van der Waals surface area contributed by atoms with Gasteiger partial charge in [-0.1, -0.05) is 51.4 Å². The Balaban J connectivity index is 2.05. The monoisotopic (exact) mass is 587 g/mol. The maximum Gasteiger partial charge on any atom is 0.355 e. The summed E-state index contributed by atoms with van der Waals surface area (Å²) in [5, 5.41) is 18.5. The van der Waals surface area contributed by atoms with E-state index >= 15 is 0 Å². The predicted molar refractivity (Wildman–Crippen MR) is 168 cm³/mol. The van der Waals surface area contributed by atoms with Gasteiger partial charge in [-0.3, -0.25) is 5.10 Å². The molecular formula is C31H46ClN3O4Si. The van der Waals surface area contributed by atoms with Crippen molar-refractivity contribution in [3.63, 3.8) is 0 Å². The van der Waals surface area contributed by atoms with Gasteiger partial charge in [0.05, 0.1) is 22.8 Å². The maximum atomic E-state index is 13.1. The second kappa shape index (κ2) is 14.0. The molecule has 0 radical (unpaired) electrons. The Hall–Kier alpha value is -2.39. The summed E-state index contributed by atoms with van der Waals surface area (Å²) in [6, 6.07) is 3.89. The molecule has 0 aliphatic carbocycles. The Labute approximate surface area is 244 Å². The summed E-state index contributed by atoms with van der Waals surface area (Å²) in [5.74, 6) is -0.368. The molecule has 0 atom stereocenters. The number of aliphatic hydroxyl groups excluding tert-OH is 1. The zero-order valence-corrected chi connectivity index (χ0v) is 26.9. The highest BCUT2D eigenvalue weighted by Crippen LogP contribution is 2.41. The Kier molecular flexibility index (Phi) is 11.2. The van der Waals surface area contributed by atoms with Gasteiger partial charge in [0.25, 0.3) is 0 Å². The third-order valence-electron chi connectivity index (χ3n) is 7.88. The summed E-state index contributed by atoms with van der Waals surface area (Å²) in [6.45, 7) is 16.2. The normalized spacial score (nSPS) is 12.6. The van der Waals surface area contributed by atoms with Crippen LogP contribution in [0.1, 0.15) is 87.7 Å². The summed E-state index contributed by atoms with van der Waals surface area (Å²) in [5.41, 5.74) is 5.73. The minimum atomic E-state index is -1.86. The smallest absolute Gasteiger partial charge is 0.355 e. The van der Waals surface area contributed by atoms with E-state index in [4.69, 9.17) is 25.9 Å². The number of nitrogens with one attached hydrogen (secondary N) is 2. The van der Waals surface area contributed by atoms with Crippen LogP contribution in [-0.4, -0.2) is 54.4 Å². The summed E-state index contributed by atoms with van der Waals surface area (Å²) in [6.07, 6.45) is 8.82. The molecule has 3 N–H and O–H groups in total. The number of H-pyrrole nitrogens is 2. The quantitative estimate of drug-likeness (QED) is 0.100. The second-order valence-corrected chi connectivity index (χ2v) is 16.9. The van der Waals surface area contributed by atoms with E-state index in [2.05, 4.69) is 62.0 Å². The fourth-order valence-corrected chi connectivity index (χ4v) is 5.93. The Morgan fingerprint density at radius 1 is 1.15 bits per heavy atom. The fraction of sp³-hybridized carbons (Fsp3) is 0.548. The van der Waals surface area contributed by atoms with Gasteiger partial charge in [-0.25, -0.2) is 4.79 Å². The van der Waals surface area contributed by atoms with Crippen LogP contribution in [0.3, 0.4) is 0 Å². The van der Waals surface area contributed by atoms with Crippen LogP contribution in [0.15, 0.2) is 18.2 Å². The number of halogens is 1. The number of allylic oxidation sites excluding steroid dienone is 1. The topological polar surface area (TPSA) is 100 Å². The van der Waals surface area contributed by atoms with Crippen molar-refractivity contribution in [1.29, 1.82) is 0 Å². The molecule has 3 aromatic rings. The number of unbranched alkanes of at least 4 members (excludes halogenated alkanes) is 2. The molecular weight excluding hydrogens is 542 g/mol. The molecule has 0 saturated carbocycles. The minimum Gasteiger partial charge on any atom is -0.461 e. The van der Waals surface area contributed by atoms with Gasteiger partial charge in [-0.2, -0.15) is 5.10 Å². The lowest BCUT2D eigenvalue weighted by Crippen LogP contribution is -2.41. The Morgan fingerprint density at radius 3 is 2.55 bits per heavy atom. The number of nitrogens with zero attached hydrogens (tertiary/aromatic N) is 1. The summed E-state index contributed by atoms with van der Waals surface area (Å²) in [4.78, 5) is 16.5. The largest absolute Gasteiger partial charge is 0.461 e. The van der Waals surface area contributed by atoms with E-state index in [1.807, 2.05) is 25.1 Å². The molecule has 0 saturated heterocycles. The highest BCUT2D eigenvalue weighted by molar-refractivity contribution is 6.74. The molecule has 0 spiro atoms. The molecule has 0 aliphatic heterocycles. The Morgan fingerprint density at radius 2 is 1.90 bits per heavy atom. The number of aliphatic hydroxyl groups is 1. The number of aryl methyl sites for hydroxylation is 2. The van der Waals surface area contributed by atoms with Crippen LogP contribution in [0.5, 0.6) is 0 Å². The number of benzene rings is 1. The van der Waals surface area contributed by atoms with Gasteiger partial charge in [-0.05, 0) is 81.3 Å². The van der Waals surface area contributed by atoms with Crippen LogP contribution < -0.4 is 0 Å². The van der Waals surface area contributed by atoms with Gasteiger partial charge in [0.15, 0.2) is 8.32 Å². The molecule has 0 unspecified atom stereocenters. The number of carbonyl (C=O) groups excluding carboxylic acids is 1. The molecule has 0 aliphatic rings. The van der Waals surface area contributed by atoms with Crippen molar-refractivity contribution in [2.45, 2.75) is 91.3 Å². The Bertz CT molecular complexity index is 1320. The van der Waals surface area contributed by atoms with Gasteiger partial charge in [-0.15, -0.1) is 0 Å². The fourth-order valence-electron chi connectivity index (χ4n) is 4.59. The van der Waals surface area contributed by atoms with E-state index in [1.165, 1.54) is 0 Å². The van der Waals surface area contributed by atoms with Gasteiger partial charge in [0.2, 0.25) is 0 Å². The van der Waals surface area contributed by atoms with E-state index in [9.17, 15) is 4.79 Å². The van der Waals surface area contributed by atoms with E-state index in [-0.39, 0.29) is 17.6 Å². The number of hydrogen-bond donors (Lipinski definition) is 3. The molecule has 3 rings (SSSR count). The van der Waals surface area contributed by atoms with Crippen molar-refractivity contribution in [3.05, 3.63) is 45.9 Å². The van der Waals surface area contributed by atoms with E-state index in [0.717, 1.165) is 71.1 Å². The first-order valence-electron chi connectivity index (χ1n) is 14.5. The molecule has 220 valence electrons. The summed E-state index contributed by atoms with van der Waals surface area (Å²) in [7, 11) is -1.86. The average Bonchev–Trinajstić information content (AvgIpc) is 3.47. The van der Waals surface area contributed by atoms with Crippen LogP contribution in [0.4, 0.5) is 0 Å². The molecule has 9 heteroatoms. The van der Waals surface area contributed by atoms with Crippen molar-refractivity contribution >= 4 is 42.9 Å². The van der Waals surface area contributed by atoms with Crippen LogP contribution in [-0.2, 0) is 22.0 Å². The highest BCUT2D eigenvalue weighted by atomic mass is 35.5. The first-order valence-corrected chi connectivity index (χ1v) is 17.7. The lowest BCUT2D eigenvalue weighted by atomic mass is 9.97. The summed E-state index contributed by atoms with van der Waals surface area (Å²) >= 11 is 6.88. The number of fused-ring (bicyclic) bond motifs is 1. The van der Waals surface area contributed by atoms with Gasteiger partial charge >= 0.3 is 5.97 Å². The zero-order valence-electron chi connectivity index (χ0n) is 25.2. The van der Waals surface area contributed by atoms with Gasteiger partial charge < -0.3 is 19.3 Å². The number of hydrogen-bond acceptors (Lipinski definition) is 5. The van der Waals surface area contributed by atoms with Crippen LogP contribution in [0.2, 0.25) is 23.2 Å². The van der Waals surface area contributed by atoms with Crippen LogP contribution in [0.25, 0.3) is 28.1 Å². The van der Waals surface area contributed by atoms with Crippen molar-refractivity contribution < 1.29 is 19.1 Å². The zero-order chi connectivity index (χ0) is 29.5. The number of aromatic amines is 2. The lowest BCUT2D eigenvalue weighted by molar-refractivity contribution is 0.0519. The highest BCUT2D eigenvalue weighted by Gasteiger charge is 2.37. The molecule has 7 nitrogen and oxygen atoms in total. The van der Waals surface area contributed by atoms with Crippen molar-refractivity contribution in [2.24, 2.45) is 0 Å². The van der Waals surface area contributed by atoms with Crippen LogP contribution >= 0.6 is 11.6 Å². The minimum absolute atomic E-state index is 0.141. The molecule has 2 aromatic heterocycles. The van der Waals surface area contributed by atoms with E-state index in [0.29, 0.717) is 30.4 Å². The third kappa shape index (κ3) is 7.27. The molecule has 1 aromatic carbocycles. The van der Waals surface area contributed by atoms with Crippen molar-refractivity contribution in [3.8, 4) is 11.1 Å². The van der Waals surface area contributed by atoms with Crippen LogP contribution in [0, 0.1) is 0 Å². The first-order chi connectivity index (χ1) is 19.0. The summed E-state index contributed by atoms with van der Waals surface area (Å²) < 4.78 is 11.9. The third-order valence-corrected chi connectivity index (χ3v) is 12.7. The second-order valence-electron chi connectivity index (χ2n) is 11.7. The van der Waals surface area contributed by atoms with Crippen molar-refractivity contribution in [2.75, 3.05) is 19.8 Å². The predicted octanol–water partition coefficient (Wildman–Crippen LogP) is 8.08.